The zero-order chi connectivity index (χ0) is 43.8. The van der Waals surface area contributed by atoms with Gasteiger partial charge in [0.2, 0.25) is 0 Å². The summed E-state index contributed by atoms with van der Waals surface area (Å²) in [4.78, 5) is 0. The molecule has 0 atom stereocenters. The van der Waals surface area contributed by atoms with Crippen molar-refractivity contribution in [2.45, 2.75) is 283 Å². The average Bonchev–Trinajstić information content (AvgIpc) is 3.95. The molecule has 2 aromatic carbocycles. The van der Waals surface area contributed by atoms with E-state index < -0.39 is 9.58 Å². The molecule has 4 aliphatic carbocycles. The molecule has 0 amide bonds. The molecular weight excluding hydrogens is 905 g/mol. The van der Waals surface area contributed by atoms with Crippen molar-refractivity contribution in [3.63, 3.8) is 0 Å². The van der Waals surface area contributed by atoms with E-state index in [1.807, 2.05) is 31.0 Å². The Labute approximate surface area is 382 Å². The van der Waals surface area contributed by atoms with Crippen LogP contribution in [-0.4, -0.2) is 9.58 Å². The van der Waals surface area contributed by atoms with E-state index >= 15 is 0 Å². The predicted octanol–water partition coefficient (Wildman–Crippen LogP) is 17.1. The molecule has 59 heavy (non-hydrogen) atoms. The predicted molar refractivity (Wildman–Crippen MR) is 272 cm³/mol. The monoisotopic (exact) mass is 994 g/mol. The van der Waals surface area contributed by atoms with Gasteiger partial charge in [-0.15, -0.1) is 0 Å². The van der Waals surface area contributed by atoms with Gasteiger partial charge < -0.3 is 0 Å². The number of hydrogen-bond acceptors (Lipinski definition) is 0. The standard InChI is InChI=1S/C56H90Br2Ge/c1-17-49(18-2)35-53(25-9,26-10)43-39(49)33-40-44(54(27-11,28-12)36-50(40,19-3)20-4)47(43)59(57,58)48-45-41(51(21-5,22-6)37-55(45,29-13)30-14)34-42-46(48)56(31-15,32-16)38-52(42,23-7)24-8/h33-34H,17-32,35-38H2,1-16H3. The van der Waals surface area contributed by atoms with Gasteiger partial charge in [-0.1, -0.05) is 0 Å². The van der Waals surface area contributed by atoms with Crippen LogP contribution in [0.5, 0.6) is 0 Å². The van der Waals surface area contributed by atoms with Crippen molar-refractivity contribution in [2.75, 3.05) is 0 Å². The van der Waals surface area contributed by atoms with Crippen LogP contribution in [0.25, 0.3) is 0 Å². The molecule has 0 aliphatic heterocycles. The fourth-order valence-corrected chi connectivity index (χ4v) is 31.0. The first-order valence-electron chi connectivity index (χ1n) is 25.8. The Morgan fingerprint density at radius 1 is 0.305 bits per heavy atom. The molecule has 0 bridgehead atoms. The molecule has 2 aromatic rings. The number of halogens is 2. The summed E-state index contributed by atoms with van der Waals surface area (Å²) < 4.78 is 3.76. The molecule has 332 valence electrons. The van der Waals surface area contributed by atoms with Crippen LogP contribution in [0.15, 0.2) is 12.1 Å². The fourth-order valence-electron chi connectivity index (χ4n) is 16.3. The third kappa shape index (κ3) is 6.13. The van der Waals surface area contributed by atoms with E-state index in [2.05, 4.69) is 123 Å². The van der Waals surface area contributed by atoms with Gasteiger partial charge in [-0.3, -0.25) is 0 Å². The summed E-state index contributed by atoms with van der Waals surface area (Å²) >= 11 is 10.6. The Balaban J connectivity index is 2.01. The van der Waals surface area contributed by atoms with Crippen molar-refractivity contribution < 1.29 is 0 Å². The van der Waals surface area contributed by atoms with Gasteiger partial charge in [-0.2, -0.15) is 0 Å². The van der Waals surface area contributed by atoms with E-state index in [1.54, 1.807) is 22.3 Å². The quantitative estimate of drug-likeness (QED) is 0.131. The second kappa shape index (κ2) is 16.7. The molecular formula is C56H90Br2Ge. The van der Waals surface area contributed by atoms with Crippen LogP contribution in [0.4, 0.5) is 0 Å². The topological polar surface area (TPSA) is 0 Å². The Morgan fingerprint density at radius 2 is 0.458 bits per heavy atom. The first-order valence-corrected chi connectivity index (χ1v) is 37.8. The summed E-state index contributed by atoms with van der Waals surface area (Å²) in [5, 5.41) is 0. The molecule has 0 saturated heterocycles. The molecule has 3 heteroatoms. The zero-order valence-corrected chi connectivity index (χ0v) is 46.8. The molecule has 0 saturated carbocycles. The van der Waals surface area contributed by atoms with Gasteiger partial charge in [0, 0.05) is 0 Å². The first-order chi connectivity index (χ1) is 28.0. The first kappa shape index (κ1) is 48.4. The average molecular weight is 996 g/mol. The van der Waals surface area contributed by atoms with Crippen LogP contribution in [0.2, 0.25) is 0 Å². The van der Waals surface area contributed by atoms with Gasteiger partial charge in [0.05, 0.1) is 0 Å². The van der Waals surface area contributed by atoms with Crippen LogP contribution in [0.1, 0.15) is 284 Å². The van der Waals surface area contributed by atoms with Crippen LogP contribution < -0.4 is 8.79 Å². The minimum atomic E-state index is -3.73. The van der Waals surface area contributed by atoms with Gasteiger partial charge in [0.25, 0.3) is 0 Å². The fraction of sp³-hybridized carbons (Fsp3) is 0.786. The summed E-state index contributed by atoms with van der Waals surface area (Å²) in [6, 6.07) is 5.88. The summed E-state index contributed by atoms with van der Waals surface area (Å²) in [5.74, 6) is 0. The van der Waals surface area contributed by atoms with E-state index in [0.717, 1.165) is 0 Å². The zero-order valence-electron chi connectivity index (χ0n) is 41.6. The van der Waals surface area contributed by atoms with Crippen molar-refractivity contribution in [1.29, 1.82) is 0 Å². The van der Waals surface area contributed by atoms with Crippen molar-refractivity contribution >= 4 is 46.4 Å². The maximum absolute atomic E-state index is 5.28. The van der Waals surface area contributed by atoms with E-state index in [9.17, 15) is 0 Å². The van der Waals surface area contributed by atoms with Gasteiger partial charge in [-0.05, 0) is 0 Å². The normalized spacial score (nSPS) is 22.9. The van der Waals surface area contributed by atoms with Gasteiger partial charge >= 0.3 is 386 Å². The third-order valence-corrected chi connectivity index (χ3v) is 34.2. The Bertz CT molecular complexity index is 1590. The second-order valence-corrected chi connectivity index (χ2v) is 43.8. The molecule has 0 heterocycles. The Kier molecular flexibility index (Phi) is 13.7. The van der Waals surface area contributed by atoms with Gasteiger partial charge in [-0.25, -0.2) is 0 Å². The summed E-state index contributed by atoms with van der Waals surface area (Å²) in [6.45, 7) is 40.9. The Morgan fingerprint density at radius 3 is 0.593 bits per heavy atom. The second-order valence-electron chi connectivity index (χ2n) is 21.4. The molecule has 0 spiro atoms. The number of hydrogen-bond donors (Lipinski definition) is 0. The Hall–Kier alpha value is -0.0571. The van der Waals surface area contributed by atoms with Crippen LogP contribution in [0, 0.1) is 0 Å². The molecule has 6 rings (SSSR count). The van der Waals surface area contributed by atoms with Crippen molar-refractivity contribution in [1.82, 2.24) is 0 Å². The number of rotatable bonds is 18. The van der Waals surface area contributed by atoms with Crippen LogP contribution in [-0.2, 0) is 43.3 Å². The van der Waals surface area contributed by atoms with E-state index in [0.29, 0.717) is 0 Å². The summed E-state index contributed by atoms with van der Waals surface area (Å²) in [7, 11) is -3.73. The number of fused-ring (bicyclic) bond motifs is 4. The third-order valence-electron chi connectivity index (χ3n) is 21.2. The van der Waals surface area contributed by atoms with E-state index in [1.165, 1.54) is 128 Å². The molecule has 0 aromatic heterocycles. The van der Waals surface area contributed by atoms with E-state index in [4.69, 9.17) is 28.0 Å². The molecule has 0 nitrogen and oxygen atoms in total. The SMILES string of the molecule is CCC1(CC)CC(CC)(CC)c2c1cc1c([c]2[Ge]([Br])([Br])[c]2c3c(cc4c2C(CC)(CC)CC4(CC)CC)C(CC)(CC)CC3(CC)CC)C(CC)(CC)CC1(CC)CC. The maximum atomic E-state index is 5.28. The van der Waals surface area contributed by atoms with E-state index in [-0.39, 0.29) is 43.3 Å². The minimum absolute atomic E-state index is 0.189. The van der Waals surface area contributed by atoms with Crippen LogP contribution >= 0.6 is 28.0 Å². The molecule has 0 fully saturated rings. The summed E-state index contributed by atoms with van der Waals surface area (Å²) in [6.07, 6.45) is 25.0. The van der Waals surface area contributed by atoms with Crippen molar-refractivity contribution in [3.05, 3.63) is 56.6 Å². The number of benzene rings is 2. The molecule has 4 aliphatic rings. The van der Waals surface area contributed by atoms with Crippen LogP contribution in [0.3, 0.4) is 0 Å². The van der Waals surface area contributed by atoms with Crippen molar-refractivity contribution in [3.8, 4) is 0 Å². The van der Waals surface area contributed by atoms with Crippen molar-refractivity contribution in [2.24, 2.45) is 0 Å². The summed E-state index contributed by atoms with van der Waals surface area (Å²) in [5.41, 5.74) is 16.2. The molecule has 0 radical (unpaired) electrons. The van der Waals surface area contributed by atoms with Gasteiger partial charge in [0.1, 0.15) is 0 Å². The van der Waals surface area contributed by atoms with Gasteiger partial charge in [0.15, 0.2) is 0 Å². The molecule has 0 N–H and O–H groups in total. The molecule has 0 unspecified atom stereocenters.